The van der Waals surface area contributed by atoms with Crippen molar-refractivity contribution in [1.29, 1.82) is 0 Å². The van der Waals surface area contributed by atoms with Gasteiger partial charge < -0.3 is 4.90 Å². The molecule has 0 radical (unpaired) electrons. The van der Waals surface area contributed by atoms with Crippen molar-refractivity contribution in [1.82, 2.24) is 9.88 Å². The van der Waals surface area contributed by atoms with E-state index in [9.17, 15) is 4.79 Å². The third-order valence-electron chi connectivity index (χ3n) is 5.12. The molecule has 1 amide bonds. The summed E-state index contributed by atoms with van der Waals surface area (Å²) >= 11 is 1.73. The zero-order chi connectivity index (χ0) is 14.7. The van der Waals surface area contributed by atoms with Crippen LogP contribution >= 0.6 is 11.3 Å². The average molecular weight is 306 g/mol. The van der Waals surface area contributed by atoms with E-state index in [0.29, 0.717) is 11.8 Å². The summed E-state index contributed by atoms with van der Waals surface area (Å²) < 4.78 is 0. The molecule has 1 saturated carbocycles. The van der Waals surface area contributed by atoms with Crippen LogP contribution in [0.5, 0.6) is 0 Å². The van der Waals surface area contributed by atoms with E-state index in [4.69, 9.17) is 0 Å². The first kappa shape index (κ1) is 15.0. The SMILES string of the molecule is C[C@H](CC1CCCC1)C(=O)N1CCC[C@H](c2nccs2)C1. The molecule has 3 nitrogen and oxygen atoms in total. The number of amides is 1. The Labute approximate surface area is 131 Å². The molecule has 1 aromatic rings. The fourth-order valence-electron chi connectivity index (χ4n) is 3.97. The fraction of sp³-hybridized carbons (Fsp3) is 0.765. The minimum absolute atomic E-state index is 0.197. The molecular weight excluding hydrogens is 280 g/mol. The van der Waals surface area contributed by atoms with Gasteiger partial charge in [-0.25, -0.2) is 4.98 Å². The molecule has 1 aliphatic carbocycles. The molecule has 2 heterocycles. The smallest absolute Gasteiger partial charge is 0.225 e. The van der Waals surface area contributed by atoms with E-state index >= 15 is 0 Å². The van der Waals surface area contributed by atoms with Crippen LogP contribution in [0.2, 0.25) is 0 Å². The van der Waals surface area contributed by atoms with Gasteiger partial charge in [0.2, 0.25) is 5.91 Å². The van der Waals surface area contributed by atoms with Crippen LogP contribution in [0.25, 0.3) is 0 Å². The minimum Gasteiger partial charge on any atom is -0.342 e. The van der Waals surface area contributed by atoms with Gasteiger partial charge in [0.1, 0.15) is 0 Å². The molecule has 0 unspecified atom stereocenters. The van der Waals surface area contributed by atoms with E-state index < -0.39 is 0 Å². The number of hydrogen-bond acceptors (Lipinski definition) is 3. The number of nitrogens with zero attached hydrogens (tertiary/aromatic N) is 2. The Morgan fingerprint density at radius 2 is 2.19 bits per heavy atom. The zero-order valence-electron chi connectivity index (χ0n) is 13.0. The van der Waals surface area contributed by atoms with E-state index in [0.717, 1.165) is 31.8 Å². The van der Waals surface area contributed by atoms with Gasteiger partial charge in [-0.05, 0) is 25.2 Å². The monoisotopic (exact) mass is 306 g/mol. The van der Waals surface area contributed by atoms with E-state index in [2.05, 4.69) is 16.8 Å². The fourth-order valence-corrected chi connectivity index (χ4v) is 4.74. The maximum absolute atomic E-state index is 12.7. The highest BCUT2D eigenvalue weighted by Crippen LogP contribution is 2.32. The first-order valence-electron chi connectivity index (χ1n) is 8.42. The van der Waals surface area contributed by atoms with Crippen molar-refractivity contribution in [3.05, 3.63) is 16.6 Å². The Morgan fingerprint density at radius 3 is 2.90 bits per heavy atom. The number of likely N-dealkylation sites (tertiary alicyclic amines) is 1. The molecule has 0 bridgehead atoms. The van der Waals surface area contributed by atoms with Crippen LogP contribution in [0, 0.1) is 11.8 Å². The van der Waals surface area contributed by atoms with Crippen molar-refractivity contribution in [2.45, 2.75) is 57.8 Å². The number of hydrogen-bond donors (Lipinski definition) is 0. The predicted octanol–water partition coefficient (Wildman–Crippen LogP) is 4.07. The van der Waals surface area contributed by atoms with Gasteiger partial charge in [-0.3, -0.25) is 4.79 Å². The van der Waals surface area contributed by atoms with Gasteiger partial charge in [0.25, 0.3) is 0 Å². The Morgan fingerprint density at radius 1 is 1.38 bits per heavy atom. The minimum atomic E-state index is 0.197. The standard InChI is InChI=1S/C17H26N2OS/c1-13(11-14-5-2-3-6-14)17(20)19-9-4-7-15(12-19)16-18-8-10-21-16/h8,10,13-15H,2-7,9,11-12H2,1H3/t13-,15+/m1/s1. The Balaban J connectivity index is 1.56. The summed E-state index contributed by atoms with van der Waals surface area (Å²) in [6.45, 7) is 3.95. The molecule has 0 N–H and O–H groups in total. The molecule has 2 aliphatic rings. The van der Waals surface area contributed by atoms with Gasteiger partial charge in [0, 0.05) is 36.5 Å². The van der Waals surface area contributed by atoms with Crippen LogP contribution < -0.4 is 0 Å². The summed E-state index contributed by atoms with van der Waals surface area (Å²) in [6, 6.07) is 0. The van der Waals surface area contributed by atoms with Crippen molar-refractivity contribution < 1.29 is 4.79 Å². The van der Waals surface area contributed by atoms with Crippen molar-refractivity contribution in [3.8, 4) is 0 Å². The average Bonchev–Trinajstić information content (AvgIpc) is 3.20. The lowest BCUT2D eigenvalue weighted by Crippen LogP contribution is -2.42. The summed E-state index contributed by atoms with van der Waals surface area (Å²) in [5.41, 5.74) is 0. The van der Waals surface area contributed by atoms with Gasteiger partial charge in [-0.15, -0.1) is 11.3 Å². The summed E-state index contributed by atoms with van der Waals surface area (Å²) in [7, 11) is 0. The Kier molecular flexibility index (Phi) is 4.94. The van der Waals surface area contributed by atoms with Gasteiger partial charge in [-0.2, -0.15) is 0 Å². The summed E-state index contributed by atoms with van der Waals surface area (Å²) in [6.07, 6.45) is 10.7. The van der Waals surface area contributed by atoms with Gasteiger partial charge in [-0.1, -0.05) is 32.6 Å². The van der Waals surface area contributed by atoms with E-state index in [1.54, 1.807) is 11.3 Å². The summed E-state index contributed by atoms with van der Waals surface area (Å²) in [5.74, 6) is 1.83. The number of piperidine rings is 1. The largest absolute Gasteiger partial charge is 0.342 e. The molecule has 116 valence electrons. The van der Waals surface area contributed by atoms with E-state index in [-0.39, 0.29) is 5.92 Å². The second-order valence-corrected chi connectivity index (χ2v) is 7.71. The Hall–Kier alpha value is -0.900. The molecule has 3 rings (SSSR count). The first-order valence-corrected chi connectivity index (χ1v) is 9.30. The summed E-state index contributed by atoms with van der Waals surface area (Å²) in [4.78, 5) is 19.3. The maximum Gasteiger partial charge on any atom is 0.225 e. The number of carbonyl (C=O) groups excluding carboxylic acids is 1. The highest BCUT2D eigenvalue weighted by Gasteiger charge is 2.30. The van der Waals surface area contributed by atoms with Gasteiger partial charge in [0.05, 0.1) is 5.01 Å². The Bertz CT molecular complexity index is 453. The van der Waals surface area contributed by atoms with E-state index in [1.165, 1.54) is 37.1 Å². The molecule has 0 aromatic carbocycles. The molecule has 1 aliphatic heterocycles. The lowest BCUT2D eigenvalue weighted by molar-refractivity contribution is -0.136. The molecule has 2 fully saturated rings. The predicted molar refractivity (Wildman–Crippen MR) is 86.4 cm³/mol. The van der Waals surface area contributed by atoms with Crippen LogP contribution in [0.4, 0.5) is 0 Å². The molecule has 21 heavy (non-hydrogen) atoms. The first-order chi connectivity index (χ1) is 10.2. The maximum atomic E-state index is 12.7. The lowest BCUT2D eigenvalue weighted by atomic mass is 9.92. The summed E-state index contributed by atoms with van der Waals surface area (Å²) in [5, 5.41) is 3.25. The lowest BCUT2D eigenvalue weighted by Gasteiger charge is -2.34. The molecular formula is C17H26N2OS. The van der Waals surface area contributed by atoms with Crippen LogP contribution in [0.1, 0.15) is 62.8 Å². The number of aromatic nitrogens is 1. The highest BCUT2D eigenvalue weighted by atomic mass is 32.1. The van der Waals surface area contributed by atoms with Gasteiger partial charge in [0.15, 0.2) is 0 Å². The third kappa shape index (κ3) is 3.65. The number of carbonyl (C=O) groups is 1. The van der Waals surface area contributed by atoms with Crippen molar-refractivity contribution >= 4 is 17.2 Å². The molecule has 1 aromatic heterocycles. The molecule has 4 heteroatoms. The highest BCUT2D eigenvalue weighted by molar-refractivity contribution is 7.09. The second kappa shape index (κ2) is 6.91. The van der Waals surface area contributed by atoms with Gasteiger partial charge >= 0.3 is 0 Å². The molecule has 2 atom stereocenters. The molecule has 1 saturated heterocycles. The second-order valence-electron chi connectivity index (χ2n) is 6.78. The van der Waals surface area contributed by atoms with Crippen molar-refractivity contribution in [2.24, 2.45) is 11.8 Å². The van der Waals surface area contributed by atoms with Crippen LogP contribution in [-0.4, -0.2) is 28.9 Å². The third-order valence-corrected chi connectivity index (χ3v) is 6.05. The van der Waals surface area contributed by atoms with Crippen LogP contribution in [0.15, 0.2) is 11.6 Å². The zero-order valence-corrected chi connectivity index (χ0v) is 13.8. The molecule has 0 spiro atoms. The number of rotatable bonds is 4. The van der Waals surface area contributed by atoms with Crippen LogP contribution in [0.3, 0.4) is 0 Å². The topological polar surface area (TPSA) is 33.2 Å². The van der Waals surface area contributed by atoms with Crippen LogP contribution in [-0.2, 0) is 4.79 Å². The van der Waals surface area contributed by atoms with E-state index in [1.807, 2.05) is 11.6 Å². The van der Waals surface area contributed by atoms with Crippen molar-refractivity contribution in [3.63, 3.8) is 0 Å². The number of thiazole rings is 1. The van der Waals surface area contributed by atoms with Crippen molar-refractivity contribution in [2.75, 3.05) is 13.1 Å². The quantitative estimate of drug-likeness (QED) is 0.840. The normalized spacial score (nSPS) is 25.2.